The molecule has 1 fully saturated rings. The van der Waals surface area contributed by atoms with Crippen LogP contribution in [0.1, 0.15) is 50.2 Å². The first kappa shape index (κ1) is 15.5. The summed E-state index contributed by atoms with van der Waals surface area (Å²) in [6.07, 6.45) is 5.40. The van der Waals surface area contributed by atoms with E-state index in [2.05, 4.69) is 11.6 Å². The molecule has 0 heterocycles. The highest BCUT2D eigenvalue weighted by molar-refractivity contribution is 7.89. The molecule has 0 bridgehead atoms. The lowest BCUT2D eigenvalue weighted by molar-refractivity contribution is 0.306. The second-order valence-corrected chi connectivity index (χ2v) is 7.71. The highest BCUT2D eigenvalue weighted by Gasteiger charge is 2.25. The molecule has 0 atom stereocenters. The predicted octanol–water partition coefficient (Wildman–Crippen LogP) is 3.55. The summed E-state index contributed by atoms with van der Waals surface area (Å²) in [7, 11) is -3.37. The second kappa shape index (κ2) is 6.27. The topological polar surface area (TPSA) is 46.2 Å². The number of sulfonamides is 1. The molecule has 0 unspecified atom stereocenters. The van der Waals surface area contributed by atoms with Crippen molar-refractivity contribution in [3.05, 3.63) is 29.3 Å². The fourth-order valence-electron chi connectivity index (χ4n) is 2.86. The summed E-state index contributed by atoms with van der Waals surface area (Å²) in [4.78, 5) is 0.387. The van der Waals surface area contributed by atoms with E-state index in [0.29, 0.717) is 4.90 Å². The summed E-state index contributed by atoms with van der Waals surface area (Å²) in [5.74, 6) is 0.775. The van der Waals surface area contributed by atoms with Gasteiger partial charge in [0.25, 0.3) is 0 Å². The van der Waals surface area contributed by atoms with Gasteiger partial charge < -0.3 is 0 Å². The average Bonchev–Trinajstić information content (AvgIpc) is 2.42. The quantitative estimate of drug-likeness (QED) is 0.923. The molecule has 1 aliphatic carbocycles. The molecule has 112 valence electrons. The van der Waals surface area contributed by atoms with Crippen molar-refractivity contribution >= 4 is 10.0 Å². The number of hydrogen-bond acceptors (Lipinski definition) is 2. The number of rotatable bonds is 4. The minimum atomic E-state index is -3.37. The lowest BCUT2D eigenvalue weighted by Crippen LogP contribution is -2.37. The third kappa shape index (κ3) is 3.61. The molecule has 1 aromatic rings. The fraction of sp³-hybridized carbons (Fsp3) is 0.625. The maximum Gasteiger partial charge on any atom is 0.240 e. The summed E-state index contributed by atoms with van der Waals surface area (Å²) in [6.45, 7) is 6.15. The molecule has 0 saturated heterocycles. The predicted molar refractivity (Wildman–Crippen MR) is 82.3 cm³/mol. The fourth-order valence-corrected chi connectivity index (χ4v) is 4.25. The van der Waals surface area contributed by atoms with Crippen molar-refractivity contribution in [2.24, 2.45) is 5.92 Å². The van der Waals surface area contributed by atoms with Gasteiger partial charge in [-0.05, 0) is 68.7 Å². The highest BCUT2D eigenvalue weighted by Crippen LogP contribution is 2.27. The summed E-state index contributed by atoms with van der Waals surface area (Å²) in [5, 5.41) is 0. The van der Waals surface area contributed by atoms with Gasteiger partial charge in [-0.25, -0.2) is 13.1 Å². The van der Waals surface area contributed by atoms with Gasteiger partial charge in [0.2, 0.25) is 10.0 Å². The van der Waals surface area contributed by atoms with Gasteiger partial charge in [0.15, 0.2) is 0 Å². The summed E-state index contributed by atoms with van der Waals surface area (Å²) in [5.41, 5.74) is 2.13. The number of aryl methyl sites for hydroxylation is 2. The van der Waals surface area contributed by atoms with Gasteiger partial charge in [-0.3, -0.25) is 0 Å². The zero-order valence-corrected chi connectivity index (χ0v) is 13.5. The lowest BCUT2D eigenvalue weighted by atomic mass is 9.85. The third-order valence-corrected chi connectivity index (χ3v) is 6.05. The van der Waals surface area contributed by atoms with Crippen molar-refractivity contribution in [2.75, 3.05) is 0 Å². The zero-order valence-electron chi connectivity index (χ0n) is 12.6. The van der Waals surface area contributed by atoms with Crippen LogP contribution in [0.25, 0.3) is 0 Å². The molecule has 3 nitrogen and oxygen atoms in total. The van der Waals surface area contributed by atoms with Crippen molar-refractivity contribution in [1.82, 2.24) is 4.72 Å². The Morgan fingerprint density at radius 3 is 2.30 bits per heavy atom. The molecule has 2 rings (SSSR count). The van der Waals surface area contributed by atoms with Crippen LogP contribution in [-0.2, 0) is 10.0 Å². The summed E-state index contributed by atoms with van der Waals surface area (Å²) >= 11 is 0. The van der Waals surface area contributed by atoms with E-state index in [1.165, 1.54) is 6.42 Å². The van der Waals surface area contributed by atoms with Crippen LogP contribution < -0.4 is 4.72 Å². The van der Waals surface area contributed by atoms with Crippen molar-refractivity contribution in [2.45, 2.75) is 63.8 Å². The smallest absolute Gasteiger partial charge is 0.208 e. The Kier molecular flexibility index (Phi) is 4.86. The van der Waals surface area contributed by atoms with Crippen LogP contribution in [-0.4, -0.2) is 14.5 Å². The standard InChI is InChI=1S/C16H25NO2S/c1-4-14-6-8-15(9-7-14)17-20(18,19)16-10-5-12(2)13(3)11-16/h5,10-11,14-15,17H,4,6-9H2,1-3H3. The van der Waals surface area contributed by atoms with Crippen LogP contribution in [0.2, 0.25) is 0 Å². The molecule has 0 aromatic heterocycles. The normalized spacial score (nSPS) is 23.8. The van der Waals surface area contributed by atoms with E-state index in [1.54, 1.807) is 12.1 Å². The minimum absolute atomic E-state index is 0.101. The number of benzene rings is 1. The van der Waals surface area contributed by atoms with Crippen LogP contribution in [0.3, 0.4) is 0 Å². The maximum absolute atomic E-state index is 12.4. The Bertz CT molecular complexity index is 558. The summed E-state index contributed by atoms with van der Waals surface area (Å²) in [6, 6.07) is 5.43. The molecule has 1 aliphatic rings. The first-order valence-corrected chi connectivity index (χ1v) is 9.00. The van der Waals surface area contributed by atoms with E-state index in [4.69, 9.17) is 0 Å². The van der Waals surface area contributed by atoms with Crippen LogP contribution >= 0.6 is 0 Å². The van der Waals surface area contributed by atoms with E-state index in [-0.39, 0.29) is 6.04 Å². The van der Waals surface area contributed by atoms with E-state index >= 15 is 0 Å². The average molecular weight is 295 g/mol. The Balaban J connectivity index is 2.06. The molecule has 0 spiro atoms. The van der Waals surface area contributed by atoms with Crippen LogP contribution in [0, 0.1) is 19.8 Å². The van der Waals surface area contributed by atoms with Crippen LogP contribution in [0.15, 0.2) is 23.1 Å². The van der Waals surface area contributed by atoms with Gasteiger partial charge in [-0.15, -0.1) is 0 Å². The Labute approximate surface area is 122 Å². The van der Waals surface area contributed by atoms with Gasteiger partial charge in [0, 0.05) is 6.04 Å². The monoisotopic (exact) mass is 295 g/mol. The Morgan fingerprint density at radius 2 is 1.75 bits per heavy atom. The molecule has 1 N–H and O–H groups in total. The molecule has 4 heteroatoms. The van der Waals surface area contributed by atoms with Crippen molar-refractivity contribution in [3.8, 4) is 0 Å². The second-order valence-electron chi connectivity index (χ2n) is 5.99. The van der Waals surface area contributed by atoms with Gasteiger partial charge in [-0.2, -0.15) is 0 Å². The number of hydrogen-bond donors (Lipinski definition) is 1. The van der Waals surface area contributed by atoms with E-state index in [9.17, 15) is 8.42 Å². The molecule has 0 amide bonds. The van der Waals surface area contributed by atoms with Gasteiger partial charge >= 0.3 is 0 Å². The molecule has 0 radical (unpaired) electrons. The molecule has 1 aromatic carbocycles. The van der Waals surface area contributed by atoms with Gasteiger partial charge in [0.1, 0.15) is 0 Å². The van der Waals surface area contributed by atoms with Gasteiger partial charge in [-0.1, -0.05) is 19.4 Å². The van der Waals surface area contributed by atoms with E-state index in [1.807, 2.05) is 19.9 Å². The van der Waals surface area contributed by atoms with Crippen molar-refractivity contribution in [3.63, 3.8) is 0 Å². The summed E-state index contributed by atoms with van der Waals surface area (Å²) < 4.78 is 27.7. The van der Waals surface area contributed by atoms with E-state index in [0.717, 1.165) is 42.7 Å². The van der Waals surface area contributed by atoms with Crippen molar-refractivity contribution < 1.29 is 8.42 Å². The highest BCUT2D eigenvalue weighted by atomic mass is 32.2. The zero-order chi connectivity index (χ0) is 14.8. The minimum Gasteiger partial charge on any atom is -0.208 e. The van der Waals surface area contributed by atoms with Crippen LogP contribution in [0.5, 0.6) is 0 Å². The SMILES string of the molecule is CCC1CCC(NS(=O)(=O)c2ccc(C)c(C)c2)CC1. The van der Waals surface area contributed by atoms with E-state index < -0.39 is 10.0 Å². The van der Waals surface area contributed by atoms with Crippen LogP contribution in [0.4, 0.5) is 0 Å². The largest absolute Gasteiger partial charge is 0.240 e. The first-order chi connectivity index (χ1) is 9.42. The van der Waals surface area contributed by atoms with Gasteiger partial charge in [0.05, 0.1) is 4.90 Å². The molecule has 1 saturated carbocycles. The number of nitrogens with one attached hydrogen (secondary N) is 1. The molecular weight excluding hydrogens is 270 g/mol. The first-order valence-electron chi connectivity index (χ1n) is 7.52. The molecule has 0 aliphatic heterocycles. The Morgan fingerprint density at radius 1 is 1.10 bits per heavy atom. The molecular formula is C16H25NO2S. The Hall–Kier alpha value is -0.870. The van der Waals surface area contributed by atoms with Crippen molar-refractivity contribution in [1.29, 1.82) is 0 Å². The lowest BCUT2D eigenvalue weighted by Gasteiger charge is -2.28. The molecule has 20 heavy (non-hydrogen) atoms. The third-order valence-electron chi connectivity index (χ3n) is 4.53. The maximum atomic E-state index is 12.4.